The van der Waals surface area contributed by atoms with Gasteiger partial charge < -0.3 is 14.7 Å². The monoisotopic (exact) mass is 324 g/mol. The number of aliphatic hydroxyl groups excluding tert-OH is 1. The lowest BCUT2D eigenvalue weighted by Gasteiger charge is -2.37. The van der Waals surface area contributed by atoms with E-state index in [1.165, 1.54) is 25.8 Å². The molecule has 0 aliphatic carbocycles. The summed E-state index contributed by atoms with van der Waals surface area (Å²) in [4.78, 5) is 6.10. The van der Waals surface area contributed by atoms with Crippen LogP contribution in [0.25, 0.3) is 0 Å². The number of hydrogen-bond donors (Lipinski definition) is 1. The number of hydrogen-bond acceptors (Lipinski definition) is 5. The highest BCUT2D eigenvalue weighted by molar-refractivity contribution is 7.10. The van der Waals surface area contributed by atoms with Gasteiger partial charge in [0.25, 0.3) is 0 Å². The van der Waals surface area contributed by atoms with Gasteiger partial charge in [0.15, 0.2) is 0 Å². The lowest BCUT2D eigenvalue weighted by atomic mass is 10.0. The van der Waals surface area contributed by atoms with Crippen molar-refractivity contribution in [1.82, 2.24) is 9.80 Å². The smallest absolute Gasteiger partial charge is 0.0897 e. The van der Waals surface area contributed by atoms with Gasteiger partial charge in [-0.1, -0.05) is 6.07 Å². The normalized spacial score (nSPS) is 29.0. The largest absolute Gasteiger partial charge is 0.388 e. The standard InChI is InChI=1S/C17H28N2O2S/c1-18-7-2-4-14(18)6-8-19-9-10-21-13-15(19)12-16(20)17-5-3-11-22-17/h3,5,11,14-16,20H,2,4,6-10,12-13H2,1H3. The first kappa shape index (κ1) is 16.4. The second kappa shape index (κ2) is 7.88. The Morgan fingerprint density at radius 2 is 2.32 bits per heavy atom. The molecule has 22 heavy (non-hydrogen) atoms. The maximum absolute atomic E-state index is 10.4. The van der Waals surface area contributed by atoms with Crippen LogP contribution in [-0.4, -0.2) is 66.9 Å². The number of nitrogens with zero attached hydrogens (tertiary/aromatic N) is 2. The van der Waals surface area contributed by atoms with Crippen LogP contribution in [0.2, 0.25) is 0 Å². The van der Waals surface area contributed by atoms with E-state index in [1.54, 1.807) is 11.3 Å². The molecule has 3 heterocycles. The fraction of sp³-hybridized carbons (Fsp3) is 0.765. The first-order valence-electron chi connectivity index (χ1n) is 8.47. The van der Waals surface area contributed by atoms with E-state index < -0.39 is 0 Å². The number of likely N-dealkylation sites (tertiary alicyclic amines) is 1. The molecule has 3 unspecified atom stereocenters. The third kappa shape index (κ3) is 4.09. The zero-order valence-corrected chi connectivity index (χ0v) is 14.3. The molecule has 2 saturated heterocycles. The van der Waals surface area contributed by atoms with Gasteiger partial charge >= 0.3 is 0 Å². The van der Waals surface area contributed by atoms with Crippen molar-refractivity contribution in [3.8, 4) is 0 Å². The van der Waals surface area contributed by atoms with Gasteiger partial charge in [0, 0.05) is 30.1 Å². The molecule has 0 saturated carbocycles. The van der Waals surface area contributed by atoms with Crippen LogP contribution in [0.5, 0.6) is 0 Å². The second-order valence-electron chi connectivity index (χ2n) is 6.60. The van der Waals surface area contributed by atoms with Gasteiger partial charge in [-0.2, -0.15) is 0 Å². The van der Waals surface area contributed by atoms with E-state index in [0.717, 1.165) is 43.6 Å². The van der Waals surface area contributed by atoms with Gasteiger partial charge in [-0.15, -0.1) is 11.3 Å². The van der Waals surface area contributed by atoms with Crippen molar-refractivity contribution in [2.75, 3.05) is 39.9 Å². The van der Waals surface area contributed by atoms with Gasteiger partial charge in [0.05, 0.1) is 19.3 Å². The number of aliphatic hydroxyl groups is 1. The van der Waals surface area contributed by atoms with Gasteiger partial charge in [-0.25, -0.2) is 0 Å². The molecule has 0 amide bonds. The third-order valence-corrected chi connectivity index (χ3v) is 6.11. The first-order valence-corrected chi connectivity index (χ1v) is 9.35. The van der Waals surface area contributed by atoms with E-state index in [1.807, 2.05) is 17.5 Å². The fourth-order valence-corrected chi connectivity index (χ4v) is 4.44. The fourth-order valence-electron chi connectivity index (χ4n) is 3.71. The summed E-state index contributed by atoms with van der Waals surface area (Å²) < 4.78 is 5.66. The van der Waals surface area contributed by atoms with E-state index in [2.05, 4.69) is 16.8 Å². The molecule has 3 atom stereocenters. The van der Waals surface area contributed by atoms with Gasteiger partial charge in [-0.05, 0) is 50.7 Å². The van der Waals surface area contributed by atoms with E-state index in [4.69, 9.17) is 4.74 Å². The number of morpholine rings is 1. The molecule has 1 aromatic rings. The van der Waals surface area contributed by atoms with Crippen LogP contribution in [-0.2, 0) is 4.74 Å². The van der Waals surface area contributed by atoms with Crippen LogP contribution in [0, 0.1) is 0 Å². The topological polar surface area (TPSA) is 35.9 Å². The highest BCUT2D eigenvalue weighted by atomic mass is 32.1. The van der Waals surface area contributed by atoms with Gasteiger partial charge in [0.2, 0.25) is 0 Å². The van der Waals surface area contributed by atoms with E-state index in [-0.39, 0.29) is 6.10 Å². The zero-order chi connectivity index (χ0) is 15.4. The highest BCUT2D eigenvalue weighted by Gasteiger charge is 2.28. The Labute approximate surface area is 137 Å². The molecule has 1 aromatic heterocycles. The number of ether oxygens (including phenoxy) is 1. The minimum absolute atomic E-state index is 0.345. The molecule has 0 bridgehead atoms. The SMILES string of the molecule is CN1CCCC1CCN1CCOCC1CC(O)c1cccs1. The molecular weight excluding hydrogens is 296 g/mol. The summed E-state index contributed by atoms with van der Waals surface area (Å²) in [5.74, 6) is 0. The Kier molecular flexibility index (Phi) is 5.88. The lowest BCUT2D eigenvalue weighted by molar-refractivity contribution is -0.0278. The number of thiophene rings is 1. The Morgan fingerprint density at radius 3 is 3.05 bits per heavy atom. The van der Waals surface area contributed by atoms with Crippen molar-refractivity contribution >= 4 is 11.3 Å². The summed E-state index contributed by atoms with van der Waals surface area (Å²) in [7, 11) is 2.25. The maximum atomic E-state index is 10.4. The minimum atomic E-state index is -0.358. The quantitative estimate of drug-likeness (QED) is 0.871. The molecule has 5 heteroatoms. The van der Waals surface area contributed by atoms with Crippen molar-refractivity contribution in [1.29, 1.82) is 0 Å². The maximum Gasteiger partial charge on any atom is 0.0897 e. The predicted octanol–water partition coefficient (Wildman–Crippen LogP) is 2.36. The third-order valence-electron chi connectivity index (χ3n) is 5.14. The average Bonchev–Trinajstić information content (AvgIpc) is 3.18. The highest BCUT2D eigenvalue weighted by Crippen LogP contribution is 2.26. The molecule has 0 aromatic carbocycles. The molecule has 2 fully saturated rings. The summed E-state index contributed by atoms with van der Waals surface area (Å²) in [6, 6.07) is 5.12. The predicted molar refractivity (Wildman–Crippen MR) is 90.3 cm³/mol. The van der Waals surface area contributed by atoms with Crippen molar-refractivity contribution in [3.63, 3.8) is 0 Å². The van der Waals surface area contributed by atoms with Crippen LogP contribution < -0.4 is 0 Å². The Bertz CT molecular complexity index is 440. The van der Waals surface area contributed by atoms with Crippen molar-refractivity contribution in [2.45, 2.75) is 43.9 Å². The summed E-state index contributed by atoms with van der Waals surface area (Å²) in [5.41, 5.74) is 0. The summed E-state index contributed by atoms with van der Waals surface area (Å²) in [6.45, 7) is 4.95. The second-order valence-corrected chi connectivity index (χ2v) is 7.58. The first-order chi connectivity index (χ1) is 10.7. The summed E-state index contributed by atoms with van der Waals surface area (Å²) >= 11 is 1.64. The molecule has 3 rings (SSSR count). The van der Waals surface area contributed by atoms with Crippen LogP contribution in [0.15, 0.2) is 17.5 Å². The van der Waals surface area contributed by atoms with Crippen LogP contribution in [0.3, 0.4) is 0 Å². The number of rotatable bonds is 6. The van der Waals surface area contributed by atoms with E-state index in [0.29, 0.717) is 6.04 Å². The zero-order valence-electron chi connectivity index (χ0n) is 13.5. The van der Waals surface area contributed by atoms with E-state index >= 15 is 0 Å². The molecule has 2 aliphatic rings. The molecule has 0 radical (unpaired) electrons. The van der Waals surface area contributed by atoms with Gasteiger partial charge in [-0.3, -0.25) is 4.90 Å². The lowest BCUT2D eigenvalue weighted by Crippen LogP contribution is -2.47. The van der Waals surface area contributed by atoms with Crippen molar-refractivity contribution in [2.24, 2.45) is 0 Å². The molecule has 2 aliphatic heterocycles. The van der Waals surface area contributed by atoms with Crippen LogP contribution in [0.4, 0.5) is 0 Å². The average molecular weight is 324 g/mol. The molecule has 4 nitrogen and oxygen atoms in total. The Morgan fingerprint density at radius 1 is 1.41 bits per heavy atom. The van der Waals surface area contributed by atoms with Gasteiger partial charge in [0.1, 0.15) is 0 Å². The van der Waals surface area contributed by atoms with Crippen molar-refractivity contribution in [3.05, 3.63) is 22.4 Å². The summed E-state index contributed by atoms with van der Waals surface area (Å²) in [5, 5.41) is 12.5. The molecule has 124 valence electrons. The van der Waals surface area contributed by atoms with Crippen LogP contribution in [0.1, 0.15) is 36.7 Å². The summed E-state index contributed by atoms with van der Waals surface area (Å²) in [6.07, 6.45) is 4.33. The van der Waals surface area contributed by atoms with Crippen LogP contribution >= 0.6 is 11.3 Å². The van der Waals surface area contributed by atoms with Crippen molar-refractivity contribution < 1.29 is 9.84 Å². The van der Waals surface area contributed by atoms with E-state index in [9.17, 15) is 5.11 Å². The molecule has 1 N–H and O–H groups in total. The Hall–Kier alpha value is -0.460. The Balaban J connectivity index is 1.52. The minimum Gasteiger partial charge on any atom is -0.388 e. The molecular formula is C17H28N2O2S. The molecule has 0 spiro atoms.